The molecule has 2 heterocycles. The van der Waals surface area contributed by atoms with Crippen molar-refractivity contribution in [3.05, 3.63) is 81.3 Å². The van der Waals surface area contributed by atoms with Crippen LogP contribution in [0.2, 0.25) is 0 Å². The molecule has 1 amide bonds. The number of rotatable bonds is 2. The van der Waals surface area contributed by atoms with E-state index in [4.69, 9.17) is 0 Å². The molecule has 23 heavy (non-hydrogen) atoms. The van der Waals surface area contributed by atoms with E-state index in [0.717, 1.165) is 26.5 Å². The molecule has 4 rings (SSSR count). The van der Waals surface area contributed by atoms with Crippen molar-refractivity contribution in [3.8, 4) is 0 Å². The lowest BCUT2D eigenvalue weighted by atomic mass is 10.1. The third kappa shape index (κ3) is 2.66. The number of carbonyl (C=O) groups is 1. The number of halogens is 1. The minimum absolute atomic E-state index is 0.0805. The zero-order chi connectivity index (χ0) is 15.8. The van der Waals surface area contributed by atoms with Crippen LogP contribution in [-0.4, -0.2) is 16.0 Å². The monoisotopic (exact) mass is 382 g/mol. The van der Waals surface area contributed by atoms with Crippen molar-refractivity contribution in [2.75, 3.05) is 0 Å². The van der Waals surface area contributed by atoms with Gasteiger partial charge in [0.1, 0.15) is 5.70 Å². The van der Waals surface area contributed by atoms with Crippen molar-refractivity contribution in [2.45, 2.75) is 0 Å². The summed E-state index contributed by atoms with van der Waals surface area (Å²) in [6, 6.07) is 17.7. The van der Waals surface area contributed by atoms with E-state index in [1.165, 1.54) is 11.8 Å². The first-order valence-electron chi connectivity index (χ1n) is 7.05. The van der Waals surface area contributed by atoms with Gasteiger partial charge in [-0.25, -0.2) is 4.99 Å². The van der Waals surface area contributed by atoms with E-state index in [-0.39, 0.29) is 5.91 Å². The molecule has 2 aliphatic rings. The smallest absolute Gasteiger partial charge is 0.266 e. The number of amides is 1. The van der Waals surface area contributed by atoms with E-state index in [1.807, 2.05) is 66.1 Å². The number of carbonyl (C=O) groups excluding carboxylic acids is 1. The second-order valence-electron chi connectivity index (χ2n) is 5.10. The number of thioether (sulfide) groups is 1. The highest BCUT2D eigenvalue weighted by Gasteiger charge is 2.37. The summed E-state index contributed by atoms with van der Waals surface area (Å²) in [6.07, 6.45) is 1.83. The van der Waals surface area contributed by atoms with Gasteiger partial charge in [-0.15, -0.1) is 0 Å². The van der Waals surface area contributed by atoms with E-state index >= 15 is 0 Å². The normalized spacial score (nSPS) is 18.2. The molecule has 3 nitrogen and oxygen atoms in total. The Labute approximate surface area is 146 Å². The zero-order valence-electron chi connectivity index (χ0n) is 11.9. The van der Waals surface area contributed by atoms with Crippen LogP contribution in [0, 0.1) is 0 Å². The van der Waals surface area contributed by atoms with Crippen LogP contribution in [0.25, 0.3) is 11.8 Å². The third-order valence-corrected chi connectivity index (χ3v) is 4.94. The predicted octanol–water partition coefficient (Wildman–Crippen LogP) is 4.73. The van der Waals surface area contributed by atoms with E-state index < -0.39 is 0 Å². The van der Waals surface area contributed by atoms with Gasteiger partial charge in [-0.2, -0.15) is 0 Å². The van der Waals surface area contributed by atoms with Gasteiger partial charge in [-0.05, 0) is 29.3 Å². The van der Waals surface area contributed by atoms with Crippen LogP contribution in [-0.2, 0) is 4.79 Å². The van der Waals surface area contributed by atoms with E-state index in [0.29, 0.717) is 5.70 Å². The first-order valence-corrected chi connectivity index (χ1v) is 8.72. The molecule has 0 unspecified atom stereocenters. The molecule has 2 aromatic rings. The first-order chi connectivity index (χ1) is 11.2. The lowest BCUT2D eigenvalue weighted by molar-refractivity contribution is -0.120. The summed E-state index contributed by atoms with van der Waals surface area (Å²) in [6.45, 7) is 0. The van der Waals surface area contributed by atoms with Gasteiger partial charge >= 0.3 is 0 Å². The molecule has 5 heteroatoms. The predicted molar refractivity (Wildman–Crippen MR) is 98.4 cm³/mol. The average molecular weight is 383 g/mol. The Bertz CT molecular complexity index is 870. The second kappa shape index (κ2) is 5.83. The largest absolute Gasteiger partial charge is 0.283 e. The van der Waals surface area contributed by atoms with Crippen LogP contribution in [0.3, 0.4) is 0 Å². The fourth-order valence-electron chi connectivity index (χ4n) is 2.47. The number of hydrogen-bond acceptors (Lipinski definition) is 3. The molecular weight excluding hydrogens is 372 g/mol. The van der Waals surface area contributed by atoms with Crippen LogP contribution in [0.15, 0.2) is 75.2 Å². The minimum Gasteiger partial charge on any atom is -0.266 e. The number of hydrogen-bond donors (Lipinski definition) is 0. The zero-order valence-corrected chi connectivity index (χ0v) is 14.3. The molecule has 0 spiro atoms. The van der Waals surface area contributed by atoms with Crippen molar-refractivity contribution in [1.82, 2.24) is 4.90 Å². The Morgan fingerprint density at radius 2 is 1.78 bits per heavy atom. The Morgan fingerprint density at radius 1 is 1.04 bits per heavy atom. The van der Waals surface area contributed by atoms with Gasteiger partial charge in [0.2, 0.25) is 0 Å². The molecule has 0 N–H and O–H groups in total. The Morgan fingerprint density at radius 3 is 2.52 bits per heavy atom. The Kier molecular flexibility index (Phi) is 3.67. The molecule has 112 valence electrons. The van der Waals surface area contributed by atoms with Gasteiger partial charge in [0, 0.05) is 9.88 Å². The van der Waals surface area contributed by atoms with Crippen LogP contribution >= 0.6 is 27.7 Å². The van der Waals surface area contributed by atoms with Gasteiger partial charge in [0.15, 0.2) is 5.17 Å². The second-order valence-corrected chi connectivity index (χ2v) is 6.86. The van der Waals surface area contributed by atoms with Crippen molar-refractivity contribution in [1.29, 1.82) is 0 Å². The van der Waals surface area contributed by atoms with Crippen molar-refractivity contribution in [3.63, 3.8) is 0 Å². The fraction of sp³-hybridized carbons (Fsp3) is 0. The molecule has 0 saturated heterocycles. The number of benzene rings is 2. The average Bonchev–Trinajstić information content (AvgIpc) is 3.11. The summed E-state index contributed by atoms with van der Waals surface area (Å²) in [4.78, 5) is 18.9. The maximum absolute atomic E-state index is 12.7. The highest BCUT2D eigenvalue weighted by molar-refractivity contribution is 9.10. The fourth-order valence-corrected chi connectivity index (χ4v) is 3.63. The van der Waals surface area contributed by atoms with Gasteiger partial charge in [0.05, 0.1) is 5.70 Å². The Balaban J connectivity index is 1.66. The van der Waals surface area contributed by atoms with E-state index in [9.17, 15) is 4.79 Å². The summed E-state index contributed by atoms with van der Waals surface area (Å²) in [5.41, 5.74) is 3.32. The summed E-state index contributed by atoms with van der Waals surface area (Å²) in [5.74, 6) is -0.0805. The quantitative estimate of drug-likeness (QED) is 0.703. The number of amidine groups is 1. The molecular formula is C18H11BrN2OS. The summed E-state index contributed by atoms with van der Waals surface area (Å²) in [7, 11) is 0. The highest BCUT2D eigenvalue weighted by Crippen LogP contribution is 2.39. The highest BCUT2D eigenvalue weighted by atomic mass is 79.9. The summed E-state index contributed by atoms with van der Waals surface area (Å²) < 4.78 is 1.01. The standard InChI is InChI=1S/C18H11BrN2OS/c19-14-8-6-13(7-9-14)16-11-23-18-20-15(17(22)21(16)18)10-12-4-2-1-3-5-12/h1-11H/b15-10-. The maximum atomic E-state index is 12.7. The van der Waals surface area contributed by atoms with Crippen LogP contribution in [0.5, 0.6) is 0 Å². The first kappa shape index (κ1) is 14.5. The van der Waals surface area contributed by atoms with E-state index in [2.05, 4.69) is 20.9 Å². The van der Waals surface area contributed by atoms with Crippen LogP contribution in [0.1, 0.15) is 11.1 Å². The van der Waals surface area contributed by atoms with Gasteiger partial charge in [-0.1, -0.05) is 70.2 Å². The molecule has 0 bridgehead atoms. The van der Waals surface area contributed by atoms with Gasteiger partial charge in [-0.3, -0.25) is 9.69 Å². The SMILES string of the molecule is O=C1/C(=C/c2ccccc2)N=C2SC=C(c3ccc(Br)cc3)N12. The Hall–Kier alpha value is -2.11. The van der Waals surface area contributed by atoms with Crippen LogP contribution in [0.4, 0.5) is 0 Å². The van der Waals surface area contributed by atoms with E-state index in [1.54, 1.807) is 4.90 Å². The number of fused-ring (bicyclic) bond motifs is 1. The molecule has 0 aliphatic carbocycles. The summed E-state index contributed by atoms with van der Waals surface area (Å²) >= 11 is 4.91. The van der Waals surface area contributed by atoms with Crippen LogP contribution < -0.4 is 0 Å². The van der Waals surface area contributed by atoms with Crippen molar-refractivity contribution >= 4 is 50.5 Å². The molecule has 0 aromatic heterocycles. The number of aliphatic imine (C=N–C) groups is 1. The van der Waals surface area contributed by atoms with Gasteiger partial charge in [0.25, 0.3) is 5.91 Å². The molecule has 0 radical (unpaired) electrons. The lowest BCUT2D eigenvalue weighted by Gasteiger charge is -2.14. The molecule has 0 fully saturated rings. The lowest BCUT2D eigenvalue weighted by Crippen LogP contribution is -2.25. The maximum Gasteiger partial charge on any atom is 0.283 e. The molecule has 0 atom stereocenters. The van der Waals surface area contributed by atoms with Crippen molar-refractivity contribution in [2.24, 2.45) is 4.99 Å². The number of nitrogens with zero attached hydrogens (tertiary/aromatic N) is 2. The molecule has 2 aromatic carbocycles. The molecule has 0 saturated carbocycles. The van der Waals surface area contributed by atoms with Gasteiger partial charge < -0.3 is 0 Å². The van der Waals surface area contributed by atoms with Crippen molar-refractivity contribution < 1.29 is 4.79 Å². The summed E-state index contributed by atoms with van der Waals surface area (Å²) in [5, 5.41) is 2.69. The minimum atomic E-state index is -0.0805. The third-order valence-electron chi connectivity index (χ3n) is 3.59. The topological polar surface area (TPSA) is 32.7 Å². The molecule has 2 aliphatic heterocycles.